The number of fused-ring (bicyclic) bond motifs is 1. The zero-order chi connectivity index (χ0) is 11.1. The average Bonchev–Trinajstić information content (AvgIpc) is 2.90. The number of aryl methyl sites for hydroxylation is 1. The predicted molar refractivity (Wildman–Crippen MR) is 66.5 cm³/mol. The lowest BCUT2D eigenvalue weighted by Crippen LogP contribution is -1.86. The van der Waals surface area contributed by atoms with E-state index in [-0.39, 0.29) is 0 Å². The van der Waals surface area contributed by atoms with Gasteiger partial charge in [0.2, 0.25) is 5.89 Å². The molecule has 0 unspecified atom stereocenters. The lowest BCUT2D eigenvalue weighted by molar-refractivity contribution is 0.623. The molecule has 2 N–H and O–H groups in total. The summed E-state index contributed by atoms with van der Waals surface area (Å²) in [6.07, 6.45) is 0. The molecule has 2 aromatic heterocycles. The second-order valence-electron chi connectivity index (χ2n) is 3.65. The Morgan fingerprint density at radius 2 is 2.19 bits per heavy atom. The van der Waals surface area contributed by atoms with Crippen LogP contribution in [0.2, 0.25) is 0 Å². The van der Waals surface area contributed by atoms with Crippen LogP contribution in [-0.2, 0) is 0 Å². The first-order valence-corrected chi connectivity index (χ1v) is 5.83. The fourth-order valence-corrected chi connectivity index (χ4v) is 2.31. The standard InChI is InChI=1S/C12H10N2OS/c1-7-4-5-8(13)11-10(7)14-12(15-11)9-3-2-6-16-9/h2-6H,13H2,1H3. The van der Waals surface area contributed by atoms with E-state index in [1.165, 1.54) is 0 Å². The molecule has 0 radical (unpaired) electrons. The smallest absolute Gasteiger partial charge is 0.237 e. The third-order valence-electron chi connectivity index (χ3n) is 2.51. The van der Waals surface area contributed by atoms with Crippen molar-refractivity contribution < 1.29 is 4.42 Å². The van der Waals surface area contributed by atoms with Gasteiger partial charge in [-0.25, -0.2) is 4.98 Å². The van der Waals surface area contributed by atoms with Gasteiger partial charge in [0.15, 0.2) is 5.58 Å². The molecule has 4 heteroatoms. The number of hydrogen-bond donors (Lipinski definition) is 1. The second kappa shape index (κ2) is 3.35. The van der Waals surface area contributed by atoms with Crippen LogP contribution in [0, 0.1) is 6.92 Å². The van der Waals surface area contributed by atoms with Gasteiger partial charge in [0.25, 0.3) is 0 Å². The summed E-state index contributed by atoms with van der Waals surface area (Å²) < 4.78 is 5.70. The Balaban J connectivity index is 2.31. The molecule has 0 saturated heterocycles. The third kappa shape index (κ3) is 1.31. The van der Waals surface area contributed by atoms with Gasteiger partial charge in [0.05, 0.1) is 10.6 Å². The Morgan fingerprint density at radius 1 is 1.31 bits per heavy atom. The number of benzene rings is 1. The van der Waals surface area contributed by atoms with Crippen molar-refractivity contribution in [3.63, 3.8) is 0 Å². The van der Waals surface area contributed by atoms with Crippen LogP contribution >= 0.6 is 11.3 Å². The van der Waals surface area contributed by atoms with Crippen LogP contribution in [0.1, 0.15) is 5.56 Å². The molecule has 0 aliphatic carbocycles. The van der Waals surface area contributed by atoms with Gasteiger partial charge in [0, 0.05) is 0 Å². The molecule has 16 heavy (non-hydrogen) atoms. The number of hydrogen-bond acceptors (Lipinski definition) is 4. The molecule has 3 rings (SSSR count). The molecule has 0 atom stereocenters. The van der Waals surface area contributed by atoms with Crippen molar-refractivity contribution in [1.29, 1.82) is 0 Å². The second-order valence-corrected chi connectivity index (χ2v) is 4.59. The van der Waals surface area contributed by atoms with E-state index < -0.39 is 0 Å². The number of anilines is 1. The summed E-state index contributed by atoms with van der Waals surface area (Å²) in [6.45, 7) is 2.00. The molecule has 0 spiro atoms. The molecular formula is C12H10N2OS. The summed E-state index contributed by atoms with van der Waals surface area (Å²) in [4.78, 5) is 5.50. The van der Waals surface area contributed by atoms with Gasteiger partial charge in [-0.2, -0.15) is 0 Å². The number of nitrogens with two attached hydrogens (primary N) is 1. The van der Waals surface area contributed by atoms with E-state index >= 15 is 0 Å². The normalized spacial score (nSPS) is 11.1. The van der Waals surface area contributed by atoms with Crippen LogP contribution in [0.3, 0.4) is 0 Å². The van der Waals surface area contributed by atoms with Gasteiger partial charge in [-0.05, 0) is 30.0 Å². The molecule has 0 aliphatic heterocycles. The first-order chi connectivity index (χ1) is 7.75. The Morgan fingerprint density at radius 3 is 2.88 bits per heavy atom. The van der Waals surface area contributed by atoms with Crippen molar-refractivity contribution in [2.45, 2.75) is 6.92 Å². The van der Waals surface area contributed by atoms with Crippen molar-refractivity contribution in [2.24, 2.45) is 0 Å². The van der Waals surface area contributed by atoms with E-state index in [1.807, 2.05) is 36.6 Å². The fourth-order valence-electron chi connectivity index (χ4n) is 1.66. The molecular weight excluding hydrogens is 220 g/mol. The summed E-state index contributed by atoms with van der Waals surface area (Å²) in [7, 11) is 0. The molecule has 1 aromatic carbocycles. The number of nitrogens with zero attached hydrogens (tertiary/aromatic N) is 1. The van der Waals surface area contributed by atoms with Crippen molar-refractivity contribution >= 4 is 28.1 Å². The molecule has 0 fully saturated rings. The van der Waals surface area contributed by atoms with E-state index in [4.69, 9.17) is 10.2 Å². The van der Waals surface area contributed by atoms with E-state index in [9.17, 15) is 0 Å². The summed E-state index contributed by atoms with van der Waals surface area (Å²) in [5.74, 6) is 0.644. The summed E-state index contributed by atoms with van der Waals surface area (Å²) in [6, 6.07) is 7.77. The van der Waals surface area contributed by atoms with Crippen molar-refractivity contribution in [2.75, 3.05) is 5.73 Å². The minimum Gasteiger partial charge on any atom is -0.433 e. The summed E-state index contributed by atoms with van der Waals surface area (Å²) in [5, 5.41) is 2.00. The minimum absolute atomic E-state index is 0.635. The molecule has 0 saturated carbocycles. The number of aromatic nitrogens is 1. The fraction of sp³-hybridized carbons (Fsp3) is 0.0833. The van der Waals surface area contributed by atoms with Crippen molar-refractivity contribution in [1.82, 2.24) is 4.98 Å². The van der Waals surface area contributed by atoms with Crippen LogP contribution in [0.25, 0.3) is 21.9 Å². The highest BCUT2D eigenvalue weighted by Crippen LogP contribution is 2.31. The maximum absolute atomic E-state index is 5.86. The Hall–Kier alpha value is -1.81. The molecule has 0 bridgehead atoms. The quantitative estimate of drug-likeness (QED) is 0.651. The van der Waals surface area contributed by atoms with Gasteiger partial charge >= 0.3 is 0 Å². The van der Waals surface area contributed by atoms with E-state index in [1.54, 1.807) is 11.3 Å². The SMILES string of the molecule is Cc1ccc(N)c2oc(-c3cccs3)nc12. The summed E-state index contributed by atoms with van der Waals surface area (Å²) in [5.41, 5.74) is 9.11. The lowest BCUT2D eigenvalue weighted by Gasteiger charge is -1.95. The van der Waals surface area contributed by atoms with E-state index in [0.29, 0.717) is 17.2 Å². The largest absolute Gasteiger partial charge is 0.433 e. The maximum Gasteiger partial charge on any atom is 0.237 e. The van der Waals surface area contributed by atoms with Crippen molar-refractivity contribution in [3.8, 4) is 10.8 Å². The highest BCUT2D eigenvalue weighted by molar-refractivity contribution is 7.13. The van der Waals surface area contributed by atoms with Gasteiger partial charge < -0.3 is 10.2 Å². The highest BCUT2D eigenvalue weighted by Gasteiger charge is 2.12. The van der Waals surface area contributed by atoms with Gasteiger partial charge in [-0.3, -0.25) is 0 Å². The molecule has 80 valence electrons. The van der Waals surface area contributed by atoms with Gasteiger partial charge in [-0.1, -0.05) is 12.1 Å². The molecule has 0 amide bonds. The van der Waals surface area contributed by atoms with Gasteiger partial charge in [-0.15, -0.1) is 11.3 Å². The Bertz CT molecular complexity index is 601. The number of rotatable bonds is 1. The number of nitrogen functional groups attached to an aromatic ring is 1. The van der Waals surface area contributed by atoms with Crippen LogP contribution in [0.15, 0.2) is 34.1 Å². The minimum atomic E-state index is 0.635. The molecule has 2 heterocycles. The number of oxazole rings is 1. The topological polar surface area (TPSA) is 52.0 Å². The van der Waals surface area contributed by atoms with Crippen LogP contribution < -0.4 is 5.73 Å². The third-order valence-corrected chi connectivity index (χ3v) is 3.37. The van der Waals surface area contributed by atoms with E-state index in [2.05, 4.69) is 4.98 Å². The van der Waals surface area contributed by atoms with Crippen LogP contribution in [0.4, 0.5) is 5.69 Å². The van der Waals surface area contributed by atoms with Crippen molar-refractivity contribution in [3.05, 3.63) is 35.2 Å². The first-order valence-electron chi connectivity index (χ1n) is 4.95. The molecule has 3 nitrogen and oxygen atoms in total. The zero-order valence-corrected chi connectivity index (χ0v) is 9.54. The van der Waals surface area contributed by atoms with Gasteiger partial charge in [0.1, 0.15) is 5.52 Å². The molecule has 3 aromatic rings. The maximum atomic E-state index is 5.86. The summed E-state index contributed by atoms with van der Waals surface area (Å²) >= 11 is 1.61. The monoisotopic (exact) mass is 230 g/mol. The highest BCUT2D eigenvalue weighted by atomic mass is 32.1. The van der Waals surface area contributed by atoms with Crippen LogP contribution in [0.5, 0.6) is 0 Å². The van der Waals surface area contributed by atoms with Crippen LogP contribution in [-0.4, -0.2) is 4.98 Å². The van der Waals surface area contributed by atoms with E-state index in [0.717, 1.165) is 16.0 Å². The molecule has 0 aliphatic rings. The Kier molecular flexibility index (Phi) is 1.97. The number of thiophene rings is 1. The average molecular weight is 230 g/mol. The first kappa shape index (κ1) is 9.42. The Labute approximate surface area is 96.5 Å². The zero-order valence-electron chi connectivity index (χ0n) is 8.73. The lowest BCUT2D eigenvalue weighted by atomic mass is 10.2. The predicted octanol–water partition coefficient (Wildman–Crippen LogP) is 3.45.